The summed E-state index contributed by atoms with van der Waals surface area (Å²) in [5, 5.41) is 10.5. The van der Waals surface area contributed by atoms with Gasteiger partial charge in [0.1, 0.15) is 0 Å². The normalized spacial score (nSPS) is 13.7. The second-order valence-corrected chi connectivity index (χ2v) is 4.18. The van der Waals surface area contributed by atoms with Crippen molar-refractivity contribution >= 4 is 17.6 Å². The van der Waals surface area contributed by atoms with Gasteiger partial charge in [-0.25, -0.2) is 9.59 Å². The van der Waals surface area contributed by atoms with Crippen molar-refractivity contribution in [2.75, 3.05) is 11.6 Å². The fourth-order valence-electron chi connectivity index (χ4n) is 1.76. The van der Waals surface area contributed by atoms with Crippen LogP contribution in [-0.4, -0.2) is 23.7 Å². The van der Waals surface area contributed by atoms with Crippen molar-refractivity contribution in [3.8, 4) is 0 Å². The summed E-state index contributed by atoms with van der Waals surface area (Å²) >= 11 is 0. The monoisotopic (exact) mass is 277 g/mol. The van der Waals surface area contributed by atoms with Crippen molar-refractivity contribution in [1.82, 2.24) is 11.0 Å². The third-order valence-electron chi connectivity index (χ3n) is 2.78. The third kappa shape index (κ3) is 2.72. The number of hydrogen-bond donors (Lipinski definition) is 3. The van der Waals surface area contributed by atoms with E-state index in [1.807, 2.05) is 6.92 Å². The van der Waals surface area contributed by atoms with Crippen LogP contribution in [0.2, 0.25) is 0 Å². The minimum absolute atomic E-state index is 0.172. The first-order valence-corrected chi connectivity index (χ1v) is 6.06. The Balaban J connectivity index is 2.27. The van der Waals surface area contributed by atoms with E-state index in [1.165, 1.54) is 23.3 Å². The first-order chi connectivity index (χ1) is 9.52. The van der Waals surface area contributed by atoms with Crippen molar-refractivity contribution in [3.05, 3.63) is 41.2 Å². The fraction of sp³-hybridized carbons (Fsp3) is 0.231. The van der Waals surface area contributed by atoms with Crippen LogP contribution in [0.1, 0.15) is 22.8 Å². The van der Waals surface area contributed by atoms with Crippen LogP contribution in [0.5, 0.6) is 0 Å². The van der Waals surface area contributed by atoms with Crippen molar-refractivity contribution in [2.45, 2.75) is 13.8 Å². The summed E-state index contributed by atoms with van der Waals surface area (Å²) in [7, 11) is 0. The van der Waals surface area contributed by atoms with Gasteiger partial charge in [-0.15, -0.1) is 5.53 Å². The molecule has 0 fully saturated rings. The zero-order valence-electron chi connectivity index (χ0n) is 11.1. The molecule has 0 atom stereocenters. The Hall–Kier alpha value is -2.54. The number of carboxylic acid groups (broad SMARTS) is 1. The highest BCUT2D eigenvalue weighted by molar-refractivity contribution is 5.90. The summed E-state index contributed by atoms with van der Waals surface area (Å²) in [5.74, 6) is -1.48. The van der Waals surface area contributed by atoms with Crippen LogP contribution in [0.25, 0.3) is 0 Å². The van der Waals surface area contributed by atoms with E-state index in [0.717, 1.165) is 5.56 Å². The van der Waals surface area contributed by atoms with Crippen LogP contribution in [0, 0.1) is 6.92 Å². The van der Waals surface area contributed by atoms with Gasteiger partial charge in [-0.1, -0.05) is 6.07 Å². The van der Waals surface area contributed by atoms with E-state index < -0.39 is 11.9 Å². The van der Waals surface area contributed by atoms with Crippen LogP contribution in [0.15, 0.2) is 30.1 Å². The average Bonchev–Trinajstić information content (AvgIpc) is 2.88. The zero-order valence-corrected chi connectivity index (χ0v) is 11.1. The van der Waals surface area contributed by atoms with Crippen LogP contribution in [0.4, 0.5) is 5.69 Å². The lowest BCUT2D eigenvalue weighted by atomic mass is 10.1. The van der Waals surface area contributed by atoms with Gasteiger partial charge in [0.15, 0.2) is 5.70 Å². The molecule has 2 rings (SSSR count). The lowest BCUT2D eigenvalue weighted by Gasteiger charge is -2.18. The molecule has 0 saturated heterocycles. The maximum absolute atomic E-state index is 11.6. The molecule has 1 aliphatic heterocycles. The number of nitrogens with zero attached hydrogens (tertiary/aromatic N) is 1. The second-order valence-electron chi connectivity index (χ2n) is 4.18. The van der Waals surface area contributed by atoms with Crippen molar-refractivity contribution in [1.29, 1.82) is 0 Å². The van der Waals surface area contributed by atoms with E-state index in [1.54, 1.807) is 13.0 Å². The molecule has 0 amide bonds. The SMILES string of the molecule is CCOC(=O)C1=CN(c2cc(C(=O)O)ccc2C)NN1. The van der Waals surface area contributed by atoms with Crippen LogP contribution in [0.3, 0.4) is 0 Å². The minimum atomic E-state index is -1.01. The van der Waals surface area contributed by atoms with Gasteiger partial charge in [-0.2, -0.15) is 0 Å². The molecule has 3 N–H and O–H groups in total. The van der Waals surface area contributed by atoms with E-state index in [4.69, 9.17) is 9.84 Å². The molecule has 0 radical (unpaired) electrons. The van der Waals surface area contributed by atoms with Crippen LogP contribution >= 0.6 is 0 Å². The Labute approximate surface area is 115 Å². The lowest BCUT2D eigenvalue weighted by molar-refractivity contribution is -0.138. The zero-order chi connectivity index (χ0) is 14.7. The molecule has 0 spiro atoms. The van der Waals surface area contributed by atoms with Gasteiger partial charge in [0.2, 0.25) is 0 Å². The van der Waals surface area contributed by atoms with Gasteiger partial charge >= 0.3 is 11.9 Å². The van der Waals surface area contributed by atoms with Crippen molar-refractivity contribution in [3.63, 3.8) is 0 Å². The molecule has 0 aliphatic carbocycles. The van der Waals surface area contributed by atoms with E-state index in [-0.39, 0.29) is 17.9 Å². The Morgan fingerprint density at radius 2 is 2.15 bits per heavy atom. The number of esters is 1. The molecule has 1 aromatic carbocycles. The lowest BCUT2D eigenvalue weighted by Crippen LogP contribution is -2.38. The predicted octanol–water partition coefficient (Wildman–Crippen LogP) is 0.927. The highest BCUT2D eigenvalue weighted by Crippen LogP contribution is 2.22. The maximum Gasteiger partial charge on any atom is 0.357 e. The summed E-state index contributed by atoms with van der Waals surface area (Å²) in [5.41, 5.74) is 7.38. The molecule has 0 bridgehead atoms. The number of ether oxygens (including phenoxy) is 1. The average molecular weight is 277 g/mol. The van der Waals surface area contributed by atoms with E-state index in [9.17, 15) is 9.59 Å². The summed E-state index contributed by atoms with van der Waals surface area (Å²) in [6.45, 7) is 3.85. The quantitative estimate of drug-likeness (QED) is 0.705. The second kappa shape index (κ2) is 5.62. The number of carbonyl (C=O) groups excluding carboxylic acids is 1. The number of benzene rings is 1. The molecule has 0 unspecified atom stereocenters. The Bertz CT molecular complexity index is 583. The summed E-state index contributed by atoms with van der Waals surface area (Å²) in [6.07, 6.45) is 1.52. The Morgan fingerprint density at radius 3 is 2.80 bits per heavy atom. The van der Waals surface area contributed by atoms with Gasteiger partial charge in [0, 0.05) is 0 Å². The largest absolute Gasteiger partial charge is 0.478 e. The van der Waals surface area contributed by atoms with Gasteiger partial charge in [0.05, 0.1) is 24.1 Å². The number of anilines is 1. The number of carbonyl (C=O) groups is 2. The molecule has 1 aliphatic rings. The van der Waals surface area contributed by atoms with Gasteiger partial charge in [-0.05, 0) is 31.5 Å². The standard InChI is InChI=1S/C13H15N3O4/c1-3-20-13(19)10-7-16(15-14-10)11-6-9(12(17)18)5-4-8(11)2/h4-7,14-15H,3H2,1-2H3,(H,17,18). The number of carboxylic acids is 1. The maximum atomic E-state index is 11.6. The van der Waals surface area contributed by atoms with E-state index >= 15 is 0 Å². The number of nitrogens with one attached hydrogen (secondary N) is 2. The molecule has 7 nitrogen and oxygen atoms in total. The number of hydrazine groups is 2. The molecule has 1 aromatic rings. The Morgan fingerprint density at radius 1 is 1.40 bits per heavy atom. The number of aryl methyl sites for hydroxylation is 1. The van der Waals surface area contributed by atoms with Gasteiger partial charge < -0.3 is 9.84 Å². The topological polar surface area (TPSA) is 90.9 Å². The summed E-state index contributed by atoms with van der Waals surface area (Å²) < 4.78 is 4.87. The fourth-order valence-corrected chi connectivity index (χ4v) is 1.76. The first-order valence-electron chi connectivity index (χ1n) is 6.06. The number of hydrogen-bond acceptors (Lipinski definition) is 6. The van der Waals surface area contributed by atoms with Crippen LogP contribution in [-0.2, 0) is 9.53 Å². The van der Waals surface area contributed by atoms with Crippen molar-refractivity contribution in [2.24, 2.45) is 0 Å². The molecule has 0 aromatic heterocycles. The molecule has 0 saturated carbocycles. The van der Waals surface area contributed by atoms with Gasteiger partial charge in [-0.3, -0.25) is 10.4 Å². The minimum Gasteiger partial charge on any atom is -0.478 e. The molecular weight excluding hydrogens is 262 g/mol. The van der Waals surface area contributed by atoms with Crippen molar-refractivity contribution < 1.29 is 19.4 Å². The molecule has 106 valence electrons. The highest BCUT2D eigenvalue weighted by Gasteiger charge is 2.21. The van der Waals surface area contributed by atoms with Crippen LogP contribution < -0.4 is 16.0 Å². The van der Waals surface area contributed by atoms with Gasteiger partial charge in [0.25, 0.3) is 0 Å². The number of rotatable bonds is 4. The summed E-state index contributed by atoms with van der Waals surface area (Å²) in [4.78, 5) is 22.6. The molecular formula is C13H15N3O4. The molecule has 7 heteroatoms. The summed E-state index contributed by atoms with van der Waals surface area (Å²) in [6, 6.07) is 4.76. The first kappa shape index (κ1) is 13.9. The Kier molecular flexibility index (Phi) is 3.90. The predicted molar refractivity (Wildman–Crippen MR) is 71.6 cm³/mol. The van der Waals surface area contributed by atoms with E-state index in [0.29, 0.717) is 5.69 Å². The highest BCUT2D eigenvalue weighted by atomic mass is 16.5. The van der Waals surface area contributed by atoms with E-state index in [2.05, 4.69) is 11.0 Å². The molecule has 20 heavy (non-hydrogen) atoms. The smallest absolute Gasteiger partial charge is 0.357 e. The third-order valence-corrected chi connectivity index (χ3v) is 2.78. The number of aromatic carboxylic acids is 1. The molecule has 1 heterocycles.